The second kappa shape index (κ2) is 4.67. The Hall–Kier alpha value is -1.33. The Morgan fingerprint density at radius 1 is 1.44 bits per heavy atom. The Labute approximate surface area is 94.2 Å². The van der Waals surface area contributed by atoms with Gasteiger partial charge in [0.1, 0.15) is 12.0 Å². The van der Waals surface area contributed by atoms with Crippen molar-refractivity contribution in [1.29, 1.82) is 0 Å². The summed E-state index contributed by atoms with van der Waals surface area (Å²) < 4.78 is 5.22. The third-order valence-corrected chi connectivity index (χ3v) is 2.88. The summed E-state index contributed by atoms with van der Waals surface area (Å²) in [6.07, 6.45) is 1.30. The molecule has 1 aromatic rings. The van der Waals surface area contributed by atoms with E-state index in [4.69, 9.17) is 9.52 Å². The first kappa shape index (κ1) is 11.2. The van der Waals surface area contributed by atoms with Crippen LogP contribution in [-0.4, -0.2) is 54.1 Å². The van der Waals surface area contributed by atoms with E-state index in [9.17, 15) is 4.79 Å². The number of nitrogens with zero attached hydrogens (tertiary/aromatic N) is 2. The molecule has 2 heterocycles. The number of carboxylic acids is 1. The van der Waals surface area contributed by atoms with Gasteiger partial charge in [-0.2, -0.15) is 0 Å². The van der Waals surface area contributed by atoms with Gasteiger partial charge >= 0.3 is 5.97 Å². The molecule has 0 spiro atoms. The summed E-state index contributed by atoms with van der Waals surface area (Å²) in [5.74, 6) is -0.213. The van der Waals surface area contributed by atoms with Crippen LogP contribution >= 0.6 is 0 Å². The van der Waals surface area contributed by atoms with Crippen LogP contribution in [0.2, 0.25) is 0 Å². The average Bonchev–Trinajstić information content (AvgIpc) is 2.70. The summed E-state index contributed by atoms with van der Waals surface area (Å²) >= 11 is 0. The van der Waals surface area contributed by atoms with Gasteiger partial charge < -0.3 is 14.4 Å². The van der Waals surface area contributed by atoms with Crippen LogP contribution < -0.4 is 0 Å². The van der Waals surface area contributed by atoms with Gasteiger partial charge in [-0.15, -0.1) is 0 Å². The number of hydrogen-bond donors (Lipinski definition) is 1. The van der Waals surface area contributed by atoms with Crippen molar-refractivity contribution in [3.05, 3.63) is 23.7 Å². The average molecular weight is 224 g/mol. The van der Waals surface area contributed by atoms with Crippen LogP contribution in [0.25, 0.3) is 0 Å². The van der Waals surface area contributed by atoms with Gasteiger partial charge in [0.05, 0.1) is 12.1 Å². The van der Waals surface area contributed by atoms with E-state index < -0.39 is 5.97 Å². The lowest BCUT2D eigenvalue weighted by Gasteiger charge is -2.31. The summed E-state index contributed by atoms with van der Waals surface area (Å²) in [4.78, 5) is 15.2. The smallest absolute Gasteiger partial charge is 0.338 e. The minimum atomic E-state index is -0.937. The number of rotatable bonds is 3. The Morgan fingerprint density at radius 2 is 2.12 bits per heavy atom. The molecule has 0 atom stereocenters. The van der Waals surface area contributed by atoms with Gasteiger partial charge in [-0.05, 0) is 13.1 Å². The van der Waals surface area contributed by atoms with E-state index in [0.29, 0.717) is 6.54 Å². The van der Waals surface area contributed by atoms with E-state index in [-0.39, 0.29) is 5.56 Å². The van der Waals surface area contributed by atoms with Crippen molar-refractivity contribution in [2.75, 3.05) is 33.2 Å². The molecule has 0 radical (unpaired) electrons. The molecule has 0 bridgehead atoms. The van der Waals surface area contributed by atoms with Crippen molar-refractivity contribution in [1.82, 2.24) is 9.80 Å². The Morgan fingerprint density at radius 3 is 2.69 bits per heavy atom. The van der Waals surface area contributed by atoms with E-state index in [1.807, 2.05) is 0 Å². The summed E-state index contributed by atoms with van der Waals surface area (Å²) in [5, 5.41) is 8.76. The Bertz CT molecular complexity index is 367. The molecule has 0 saturated carbocycles. The van der Waals surface area contributed by atoms with E-state index in [0.717, 1.165) is 31.9 Å². The molecule has 88 valence electrons. The standard InChI is InChI=1S/C11H16N2O3/c1-12-2-4-13(5-3-12)7-10-6-9(8-16-10)11(14)15/h6,8H,2-5,7H2,1H3,(H,14,15). The zero-order valence-corrected chi connectivity index (χ0v) is 9.35. The summed E-state index contributed by atoms with van der Waals surface area (Å²) in [5.41, 5.74) is 0.226. The third kappa shape index (κ3) is 2.62. The van der Waals surface area contributed by atoms with Gasteiger partial charge in [-0.3, -0.25) is 4.90 Å². The number of hydrogen-bond acceptors (Lipinski definition) is 4. The van der Waals surface area contributed by atoms with Gasteiger partial charge in [0.15, 0.2) is 0 Å². The molecule has 16 heavy (non-hydrogen) atoms. The van der Waals surface area contributed by atoms with Crippen LogP contribution in [0.15, 0.2) is 16.7 Å². The first-order valence-corrected chi connectivity index (χ1v) is 5.37. The molecule has 1 aliphatic rings. The van der Waals surface area contributed by atoms with E-state index >= 15 is 0 Å². The second-order valence-electron chi connectivity index (χ2n) is 4.19. The van der Waals surface area contributed by atoms with Crippen LogP contribution in [0.4, 0.5) is 0 Å². The van der Waals surface area contributed by atoms with Gasteiger partial charge in [-0.1, -0.05) is 0 Å². The minimum Gasteiger partial charge on any atom is -0.478 e. The van der Waals surface area contributed by atoms with E-state index in [1.54, 1.807) is 6.07 Å². The van der Waals surface area contributed by atoms with Crippen molar-refractivity contribution in [2.45, 2.75) is 6.54 Å². The van der Waals surface area contributed by atoms with Crippen LogP contribution in [0.5, 0.6) is 0 Å². The van der Waals surface area contributed by atoms with Crippen LogP contribution in [0, 0.1) is 0 Å². The predicted octanol–water partition coefficient (Wildman–Crippen LogP) is 0.725. The SMILES string of the molecule is CN1CCN(Cc2cc(C(=O)O)co2)CC1. The van der Waals surface area contributed by atoms with Gasteiger partial charge in [0.2, 0.25) is 0 Å². The second-order valence-corrected chi connectivity index (χ2v) is 4.19. The number of aromatic carboxylic acids is 1. The molecule has 5 nitrogen and oxygen atoms in total. The topological polar surface area (TPSA) is 56.9 Å². The molecule has 5 heteroatoms. The molecule has 0 amide bonds. The zero-order valence-electron chi connectivity index (χ0n) is 9.35. The van der Waals surface area contributed by atoms with Gasteiger partial charge in [-0.25, -0.2) is 4.79 Å². The quantitative estimate of drug-likeness (QED) is 0.820. The molecule has 1 aliphatic heterocycles. The van der Waals surface area contributed by atoms with Crippen LogP contribution in [0.3, 0.4) is 0 Å². The first-order chi connectivity index (χ1) is 7.65. The van der Waals surface area contributed by atoms with Crippen molar-refractivity contribution < 1.29 is 14.3 Å². The van der Waals surface area contributed by atoms with Crippen molar-refractivity contribution >= 4 is 5.97 Å². The molecule has 1 fully saturated rings. The van der Waals surface area contributed by atoms with Gasteiger partial charge in [0.25, 0.3) is 0 Å². The molecular formula is C11H16N2O3. The van der Waals surface area contributed by atoms with Crippen LogP contribution in [-0.2, 0) is 6.54 Å². The van der Waals surface area contributed by atoms with Gasteiger partial charge in [0, 0.05) is 26.2 Å². The number of furan rings is 1. The Balaban J connectivity index is 1.91. The molecule has 1 saturated heterocycles. The van der Waals surface area contributed by atoms with Crippen LogP contribution in [0.1, 0.15) is 16.1 Å². The highest BCUT2D eigenvalue weighted by molar-refractivity contribution is 5.87. The third-order valence-electron chi connectivity index (χ3n) is 2.88. The van der Waals surface area contributed by atoms with Crippen molar-refractivity contribution in [3.8, 4) is 0 Å². The lowest BCUT2D eigenvalue weighted by atomic mass is 10.3. The fourth-order valence-corrected chi connectivity index (χ4v) is 1.80. The maximum atomic E-state index is 10.7. The predicted molar refractivity (Wildman–Crippen MR) is 58.4 cm³/mol. The molecule has 2 rings (SSSR count). The molecule has 0 aromatic carbocycles. The number of piperazine rings is 1. The fourth-order valence-electron chi connectivity index (χ4n) is 1.80. The highest BCUT2D eigenvalue weighted by atomic mass is 16.4. The summed E-state index contributed by atoms with van der Waals surface area (Å²) in [7, 11) is 2.10. The molecule has 1 aromatic heterocycles. The molecule has 1 N–H and O–H groups in total. The summed E-state index contributed by atoms with van der Waals surface area (Å²) in [6, 6.07) is 1.60. The number of carbonyl (C=O) groups is 1. The zero-order chi connectivity index (χ0) is 11.5. The minimum absolute atomic E-state index is 0.226. The molecule has 0 aliphatic carbocycles. The monoisotopic (exact) mass is 224 g/mol. The normalized spacial score (nSPS) is 18.8. The maximum absolute atomic E-state index is 10.7. The molecular weight excluding hydrogens is 208 g/mol. The fraction of sp³-hybridized carbons (Fsp3) is 0.545. The molecule has 0 unspecified atom stereocenters. The highest BCUT2D eigenvalue weighted by Crippen LogP contribution is 2.11. The highest BCUT2D eigenvalue weighted by Gasteiger charge is 2.16. The number of likely N-dealkylation sites (N-methyl/N-ethyl adjacent to an activating group) is 1. The van der Waals surface area contributed by atoms with Crippen molar-refractivity contribution in [2.24, 2.45) is 0 Å². The largest absolute Gasteiger partial charge is 0.478 e. The van der Waals surface area contributed by atoms with E-state index in [2.05, 4.69) is 16.8 Å². The first-order valence-electron chi connectivity index (χ1n) is 5.37. The lowest BCUT2D eigenvalue weighted by molar-refractivity contribution is 0.0696. The number of carboxylic acid groups (broad SMARTS) is 1. The summed E-state index contributed by atoms with van der Waals surface area (Å²) in [6.45, 7) is 4.79. The van der Waals surface area contributed by atoms with E-state index in [1.165, 1.54) is 6.26 Å². The Kier molecular flexibility index (Phi) is 3.26. The maximum Gasteiger partial charge on any atom is 0.338 e. The lowest BCUT2D eigenvalue weighted by Crippen LogP contribution is -2.43. The van der Waals surface area contributed by atoms with Crippen molar-refractivity contribution in [3.63, 3.8) is 0 Å².